The normalized spacial score (nSPS) is 10.9. The lowest BCUT2D eigenvalue weighted by Gasteiger charge is -2.09. The first kappa shape index (κ1) is 14.0. The highest BCUT2D eigenvalue weighted by atomic mass is 32.1. The second-order valence-corrected chi connectivity index (χ2v) is 5.86. The van der Waals surface area contributed by atoms with Gasteiger partial charge < -0.3 is 10.5 Å². The van der Waals surface area contributed by atoms with Gasteiger partial charge in [-0.05, 0) is 43.7 Å². The fourth-order valence-corrected chi connectivity index (χ4v) is 3.18. The van der Waals surface area contributed by atoms with Gasteiger partial charge in [0.15, 0.2) is 0 Å². The van der Waals surface area contributed by atoms with Gasteiger partial charge in [-0.25, -0.2) is 4.98 Å². The Bertz CT molecular complexity index is 690. The third kappa shape index (κ3) is 3.23. The van der Waals surface area contributed by atoms with Crippen LogP contribution in [0.1, 0.15) is 12.8 Å². The third-order valence-electron chi connectivity index (χ3n) is 3.27. The number of fused-ring (bicyclic) bond motifs is 1. The molecule has 1 heterocycles. The average Bonchev–Trinajstić information content (AvgIpc) is 2.96. The van der Waals surface area contributed by atoms with Crippen LogP contribution in [0, 0.1) is 0 Å². The van der Waals surface area contributed by atoms with Crippen LogP contribution in [0.4, 0.5) is 0 Å². The lowest BCUT2D eigenvalue weighted by molar-refractivity contribution is 0.309. The molecular weight excluding hydrogens is 280 g/mol. The summed E-state index contributed by atoms with van der Waals surface area (Å²) in [4.78, 5) is 4.71. The topological polar surface area (TPSA) is 48.1 Å². The van der Waals surface area contributed by atoms with Crippen LogP contribution in [0.15, 0.2) is 48.5 Å². The van der Waals surface area contributed by atoms with Crippen molar-refractivity contribution in [1.82, 2.24) is 4.98 Å². The maximum Gasteiger partial charge on any atom is 0.129 e. The number of hydrogen-bond donors (Lipinski definition) is 1. The molecule has 0 aliphatic rings. The van der Waals surface area contributed by atoms with Crippen molar-refractivity contribution in [2.24, 2.45) is 5.73 Å². The molecule has 0 spiro atoms. The van der Waals surface area contributed by atoms with E-state index in [1.807, 2.05) is 36.4 Å². The molecule has 1 aromatic heterocycles. The van der Waals surface area contributed by atoms with Gasteiger partial charge in [0, 0.05) is 0 Å². The van der Waals surface area contributed by atoms with Crippen LogP contribution in [0.2, 0.25) is 0 Å². The van der Waals surface area contributed by atoms with E-state index < -0.39 is 0 Å². The molecule has 0 radical (unpaired) electrons. The number of aromatic nitrogens is 1. The molecule has 0 bridgehead atoms. The third-order valence-corrected chi connectivity index (χ3v) is 4.34. The van der Waals surface area contributed by atoms with E-state index in [9.17, 15) is 0 Å². The summed E-state index contributed by atoms with van der Waals surface area (Å²) in [5.74, 6) is 0.897. The van der Waals surface area contributed by atoms with Crippen molar-refractivity contribution in [3.63, 3.8) is 0 Å². The van der Waals surface area contributed by atoms with E-state index in [0.717, 1.165) is 34.7 Å². The van der Waals surface area contributed by atoms with E-state index in [1.54, 1.807) is 11.3 Å². The Balaban J connectivity index is 1.87. The Hall–Kier alpha value is -1.91. The van der Waals surface area contributed by atoms with Gasteiger partial charge in [-0.1, -0.05) is 24.3 Å². The molecule has 0 aliphatic heterocycles. The fourth-order valence-electron chi connectivity index (χ4n) is 2.19. The molecule has 0 amide bonds. The van der Waals surface area contributed by atoms with Crippen LogP contribution in [-0.4, -0.2) is 18.1 Å². The lowest BCUT2D eigenvalue weighted by Crippen LogP contribution is -2.03. The number of benzene rings is 2. The number of unbranched alkanes of at least 4 members (excludes halogenated alkanes) is 1. The van der Waals surface area contributed by atoms with Crippen molar-refractivity contribution >= 4 is 21.6 Å². The maximum atomic E-state index is 5.90. The standard InChI is InChI=1S/C17H18N2OS/c18-11-5-6-12-20-15-9-3-1-7-13(15)17-19-14-8-2-4-10-16(14)21-17/h1-4,7-10H,5-6,11-12,18H2. The van der Waals surface area contributed by atoms with Crippen molar-refractivity contribution in [2.45, 2.75) is 12.8 Å². The van der Waals surface area contributed by atoms with Gasteiger partial charge in [0.2, 0.25) is 0 Å². The minimum Gasteiger partial charge on any atom is -0.493 e. The SMILES string of the molecule is NCCCCOc1ccccc1-c1nc2ccccc2s1. The second kappa shape index (κ2) is 6.70. The minimum atomic E-state index is 0.694. The van der Waals surface area contributed by atoms with Crippen LogP contribution < -0.4 is 10.5 Å². The molecule has 3 nitrogen and oxygen atoms in total. The first-order valence-electron chi connectivity index (χ1n) is 7.16. The highest BCUT2D eigenvalue weighted by Crippen LogP contribution is 2.35. The highest BCUT2D eigenvalue weighted by molar-refractivity contribution is 7.21. The molecule has 0 aliphatic carbocycles. The Morgan fingerprint density at radius 3 is 2.67 bits per heavy atom. The minimum absolute atomic E-state index is 0.694. The van der Waals surface area contributed by atoms with E-state index in [-0.39, 0.29) is 0 Å². The zero-order valence-corrected chi connectivity index (χ0v) is 12.6. The number of nitrogens with two attached hydrogens (primary N) is 1. The number of ether oxygens (including phenoxy) is 1. The first-order chi connectivity index (χ1) is 10.4. The van der Waals surface area contributed by atoms with Crippen molar-refractivity contribution < 1.29 is 4.74 Å². The van der Waals surface area contributed by atoms with Gasteiger partial charge in [0.05, 0.1) is 22.4 Å². The Morgan fingerprint density at radius 1 is 1.00 bits per heavy atom. The van der Waals surface area contributed by atoms with Crippen molar-refractivity contribution in [3.8, 4) is 16.3 Å². The Labute approximate surface area is 128 Å². The zero-order valence-electron chi connectivity index (χ0n) is 11.8. The van der Waals surface area contributed by atoms with Crippen LogP contribution in [0.3, 0.4) is 0 Å². The van der Waals surface area contributed by atoms with E-state index in [1.165, 1.54) is 4.70 Å². The summed E-state index contributed by atoms with van der Waals surface area (Å²) < 4.78 is 7.10. The zero-order chi connectivity index (χ0) is 14.5. The highest BCUT2D eigenvalue weighted by Gasteiger charge is 2.10. The van der Waals surface area contributed by atoms with Crippen molar-refractivity contribution in [3.05, 3.63) is 48.5 Å². The van der Waals surface area contributed by atoms with Crippen LogP contribution in [-0.2, 0) is 0 Å². The van der Waals surface area contributed by atoms with Crippen molar-refractivity contribution in [2.75, 3.05) is 13.2 Å². The first-order valence-corrected chi connectivity index (χ1v) is 7.98. The molecule has 0 fully saturated rings. The van der Waals surface area contributed by atoms with E-state index in [4.69, 9.17) is 15.5 Å². The van der Waals surface area contributed by atoms with Crippen molar-refractivity contribution in [1.29, 1.82) is 0 Å². The quantitative estimate of drug-likeness (QED) is 0.697. The summed E-state index contributed by atoms with van der Waals surface area (Å²) in [6.45, 7) is 1.40. The number of para-hydroxylation sites is 2. The molecule has 2 aromatic carbocycles. The smallest absolute Gasteiger partial charge is 0.129 e. The summed E-state index contributed by atoms with van der Waals surface area (Å²) >= 11 is 1.70. The van der Waals surface area contributed by atoms with Crippen LogP contribution in [0.25, 0.3) is 20.8 Å². The molecular formula is C17H18N2OS. The van der Waals surface area contributed by atoms with E-state index >= 15 is 0 Å². The maximum absolute atomic E-state index is 5.90. The van der Waals surface area contributed by atoms with Gasteiger partial charge >= 0.3 is 0 Å². The summed E-state index contributed by atoms with van der Waals surface area (Å²) in [7, 11) is 0. The summed E-state index contributed by atoms with van der Waals surface area (Å²) in [5.41, 5.74) is 7.61. The summed E-state index contributed by atoms with van der Waals surface area (Å²) in [5, 5.41) is 1.01. The molecule has 0 unspecified atom stereocenters. The molecule has 3 rings (SSSR count). The lowest BCUT2D eigenvalue weighted by atomic mass is 10.2. The number of nitrogens with zero attached hydrogens (tertiary/aromatic N) is 1. The van der Waals surface area contributed by atoms with E-state index in [0.29, 0.717) is 13.2 Å². The van der Waals surface area contributed by atoms with Gasteiger partial charge in [-0.15, -0.1) is 11.3 Å². The molecule has 21 heavy (non-hydrogen) atoms. The predicted octanol–water partition coefficient (Wildman–Crippen LogP) is 4.08. The molecule has 2 N–H and O–H groups in total. The number of rotatable bonds is 6. The molecule has 0 saturated heterocycles. The number of hydrogen-bond acceptors (Lipinski definition) is 4. The monoisotopic (exact) mass is 298 g/mol. The molecule has 0 atom stereocenters. The summed E-state index contributed by atoms with van der Waals surface area (Å²) in [6, 6.07) is 16.3. The molecule has 3 aromatic rings. The van der Waals surface area contributed by atoms with Gasteiger partial charge in [0.25, 0.3) is 0 Å². The number of thiazole rings is 1. The van der Waals surface area contributed by atoms with Gasteiger partial charge in [-0.2, -0.15) is 0 Å². The Kier molecular flexibility index (Phi) is 4.48. The Morgan fingerprint density at radius 2 is 1.81 bits per heavy atom. The molecule has 0 saturated carbocycles. The van der Waals surface area contributed by atoms with Gasteiger partial charge in [0.1, 0.15) is 10.8 Å². The van der Waals surface area contributed by atoms with Crippen LogP contribution >= 0.6 is 11.3 Å². The molecule has 4 heteroatoms. The van der Waals surface area contributed by atoms with Gasteiger partial charge in [-0.3, -0.25) is 0 Å². The summed E-state index contributed by atoms with van der Waals surface area (Å²) in [6.07, 6.45) is 1.97. The van der Waals surface area contributed by atoms with E-state index in [2.05, 4.69) is 12.1 Å². The van der Waals surface area contributed by atoms with Crippen LogP contribution in [0.5, 0.6) is 5.75 Å². The molecule has 108 valence electrons. The predicted molar refractivity (Wildman–Crippen MR) is 88.8 cm³/mol. The largest absolute Gasteiger partial charge is 0.493 e. The second-order valence-electron chi connectivity index (χ2n) is 4.83. The average molecular weight is 298 g/mol. The fraction of sp³-hybridized carbons (Fsp3) is 0.235.